The molecule has 0 saturated carbocycles. The topological polar surface area (TPSA) is 39.7 Å². The van der Waals surface area contributed by atoms with Crippen LogP contribution in [0.3, 0.4) is 0 Å². The Morgan fingerprint density at radius 1 is 1.33 bits per heavy atom. The van der Waals surface area contributed by atoms with Gasteiger partial charge in [0, 0.05) is 25.6 Å². The zero-order valence-corrected chi connectivity index (χ0v) is 11.3. The number of nitrogens with one attached hydrogen (secondary N) is 1. The molecule has 2 rings (SSSR count). The molecule has 1 atom stereocenters. The highest BCUT2D eigenvalue weighted by molar-refractivity contribution is 5.46. The average Bonchev–Trinajstić information content (AvgIpc) is 2.42. The van der Waals surface area contributed by atoms with Crippen molar-refractivity contribution < 1.29 is 14.2 Å². The van der Waals surface area contributed by atoms with E-state index in [1.807, 2.05) is 12.1 Å². The van der Waals surface area contributed by atoms with Crippen molar-refractivity contribution in [3.05, 3.63) is 23.3 Å². The van der Waals surface area contributed by atoms with Crippen molar-refractivity contribution in [3.8, 4) is 11.5 Å². The fourth-order valence-electron chi connectivity index (χ4n) is 2.29. The summed E-state index contributed by atoms with van der Waals surface area (Å²) >= 11 is 0. The third-order valence-corrected chi connectivity index (χ3v) is 3.30. The van der Waals surface area contributed by atoms with Gasteiger partial charge in [-0.1, -0.05) is 0 Å². The number of benzene rings is 1. The molecular formula is C14H21NO3. The van der Waals surface area contributed by atoms with Crippen molar-refractivity contribution in [1.29, 1.82) is 0 Å². The van der Waals surface area contributed by atoms with E-state index in [9.17, 15) is 0 Å². The molecule has 1 fully saturated rings. The Balaban J connectivity index is 2.19. The van der Waals surface area contributed by atoms with Crippen molar-refractivity contribution in [2.75, 3.05) is 33.9 Å². The lowest BCUT2D eigenvalue weighted by Crippen LogP contribution is -2.39. The number of morpholine rings is 1. The van der Waals surface area contributed by atoms with Crippen LogP contribution in [0.4, 0.5) is 0 Å². The largest absolute Gasteiger partial charge is 0.497 e. The van der Waals surface area contributed by atoms with Gasteiger partial charge in [-0.05, 0) is 24.1 Å². The summed E-state index contributed by atoms with van der Waals surface area (Å²) in [5, 5.41) is 3.34. The molecule has 0 amide bonds. The maximum atomic E-state index is 5.74. The smallest absolute Gasteiger partial charge is 0.126 e. The van der Waals surface area contributed by atoms with Gasteiger partial charge in [0.25, 0.3) is 0 Å². The van der Waals surface area contributed by atoms with Crippen LogP contribution < -0.4 is 14.8 Å². The average molecular weight is 251 g/mol. The van der Waals surface area contributed by atoms with E-state index in [2.05, 4.69) is 12.2 Å². The molecule has 1 aromatic rings. The summed E-state index contributed by atoms with van der Waals surface area (Å²) in [5.74, 6) is 1.71. The lowest BCUT2D eigenvalue weighted by Gasteiger charge is -2.25. The minimum atomic E-state index is 0.222. The van der Waals surface area contributed by atoms with Crippen LogP contribution in [-0.2, 0) is 11.2 Å². The van der Waals surface area contributed by atoms with E-state index in [0.717, 1.165) is 37.6 Å². The van der Waals surface area contributed by atoms with Crippen molar-refractivity contribution in [3.63, 3.8) is 0 Å². The van der Waals surface area contributed by atoms with E-state index < -0.39 is 0 Å². The van der Waals surface area contributed by atoms with Crippen LogP contribution in [0, 0.1) is 6.92 Å². The molecular weight excluding hydrogens is 230 g/mol. The molecule has 18 heavy (non-hydrogen) atoms. The Bertz CT molecular complexity index is 400. The van der Waals surface area contributed by atoms with Crippen LogP contribution >= 0.6 is 0 Å². The van der Waals surface area contributed by atoms with Gasteiger partial charge in [-0.25, -0.2) is 0 Å². The first kappa shape index (κ1) is 13.2. The normalized spacial score (nSPS) is 19.6. The van der Waals surface area contributed by atoms with Crippen LogP contribution in [0.2, 0.25) is 0 Å². The summed E-state index contributed by atoms with van der Waals surface area (Å²) in [6.45, 7) is 4.70. The second-order valence-corrected chi connectivity index (χ2v) is 4.53. The third-order valence-electron chi connectivity index (χ3n) is 3.30. The number of rotatable bonds is 4. The minimum Gasteiger partial charge on any atom is -0.497 e. The van der Waals surface area contributed by atoms with Gasteiger partial charge in [-0.15, -0.1) is 0 Å². The third kappa shape index (κ3) is 2.94. The molecule has 1 N–H and O–H groups in total. The van der Waals surface area contributed by atoms with E-state index >= 15 is 0 Å². The maximum Gasteiger partial charge on any atom is 0.126 e. The first-order valence-corrected chi connectivity index (χ1v) is 6.28. The zero-order chi connectivity index (χ0) is 13.0. The van der Waals surface area contributed by atoms with Gasteiger partial charge in [-0.3, -0.25) is 0 Å². The van der Waals surface area contributed by atoms with Gasteiger partial charge < -0.3 is 19.5 Å². The highest BCUT2D eigenvalue weighted by Gasteiger charge is 2.18. The van der Waals surface area contributed by atoms with Crippen molar-refractivity contribution in [1.82, 2.24) is 5.32 Å². The number of methoxy groups -OCH3 is 2. The fraction of sp³-hybridized carbons (Fsp3) is 0.571. The number of aryl methyl sites for hydroxylation is 1. The molecule has 1 aromatic carbocycles. The molecule has 0 aliphatic carbocycles. The first-order chi connectivity index (χ1) is 8.74. The van der Waals surface area contributed by atoms with Gasteiger partial charge in [0.1, 0.15) is 11.5 Å². The molecule has 1 aliphatic rings. The van der Waals surface area contributed by atoms with Gasteiger partial charge in [-0.2, -0.15) is 0 Å². The van der Waals surface area contributed by atoms with Gasteiger partial charge >= 0.3 is 0 Å². The Morgan fingerprint density at radius 3 is 2.78 bits per heavy atom. The highest BCUT2D eigenvalue weighted by Crippen LogP contribution is 2.29. The van der Waals surface area contributed by atoms with Crippen LogP contribution in [0.15, 0.2) is 12.1 Å². The van der Waals surface area contributed by atoms with Crippen LogP contribution in [0.5, 0.6) is 11.5 Å². The van der Waals surface area contributed by atoms with Gasteiger partial charge in [0.2, 0.25) is 0 Å². The fourth-order valence-corrected chi connectivity index (χ4v) is 2.29. The molecule has 0 bridgehead atoms. The summed E-state index contributed by atoms with van der Waals surface area (Å²) in [5.41, 5.74) is 2.38. The zero-order valence-electron chi connectivity index (χ0n) is 11.3. The molecule has 4 nitrogen and oxygen atoms in total. The molecule has 0 spiro atoms. The highest BCUT2D eigenvalue weighted by atomic mass is 16.5. The second kappa shape index (κ2) is 6.07. The van der Waals surface area contributed by atoms with Crippen molar-refractivity contribution in [2.45, 2.75) is 19.4 Å². The maximum absolute atomic E-state index is 5.74. The Hall–Kier alpha value is -1.26. The molecule has 1 aliphatic heterocycles. The van der Waals surface area contributed by atoms with Crippen molar-refractivity contribution >= 4 is 0 Å². The quantitative estimate of drug-likeness (QED) is 0.881. The summed E-state index contributed by atoms with van der Waals surface area (Å²) < 4.78 is 16.5. The predicted octanol–water partition coefficient (Wildman–Crippen LogP) is 1.54. The van der Waals surface area contributed by atoms with E-state index in [1.165, 1.54) is 11.1 Å². The van der Waals surface area contributed by atoms with Crippen molar-refractivity contribution in [2.24, 2.45) is 0 Å². The van der Waals surface area contributed by atoms with E-state index in [-0.39, 0.29) is 6.10 Å². The van der Waals surface area contributed by atoms with Crippen LogP contribution in [0.25, 0.3) is 0 Å². The van der Waals surface area contributed by atoms with Gasteiger partial charge in [0.05, 0.1) is 26.9 Å². The SMILES string of the molecule is COc1cc(C)c(CC2CNCCO2)c(OC)c1. The van der Waals surface area contributed by atoms with E-state index in [4.69, 9.17) is 14.2 Å². The Morgan fingerprint density at radius 2 is 2.17 bits per heavy atom. The number of ether oxygens (including phenoxy) is 3. The standard InChI is InChI=1S/C14H21NO3/c1-10-6-11(16-2)8-14(17-3)13(10)7-12-9-15-4-5-18-12/h6,8,12,15H,4-5,7,9H2,1-3H3. The molecule has 1 unspecified atom stereocenters. The molecule has 0 aromatic heterocycles. The summed E-state index contributed by atoms with van der Waals surface area (Å²) in [4.78, 5) is 0. The summed E-state index contributed by atoms with van der Waals surface area (Å²) in [7, 11) is 3.36. The molecule has 0 radical (unpaired) electrons. The number of hydrogen-bond donors (Lipinski definition) is 1. The van der Waals surface area contributed by atoms with E-state index in [0.29, 0.717) is 0 Å². The first-order valence-electron chi connectivity index (χ1n) is 6.28. The van der Waals surface area contributed by atoms with Gasteiger partial charge in [0.15, 0.2) is 0 Å². The molecule has 100 valence electrons. The lowest BCUT2D eigenvalue weighted by molar-refractivity contribution is 0.0288. The minimum absolute atomic E-state index is 0.222. The number of hydrogen-bond acceptors (Lipinski definition) is 4. The molecule has 1 heterocycles. The van der Waals surface area contributed by atoms with Crippen LogP contribution in [0.1, 0.15) is 11.1 Å². The predicted molar refractivity (Wildman–Crippen MR) is 70.6 cm³/mol. The lowest BCUT2D eigenvalue weighted by atomic mass is 10.00. The van der Waals surface area contributed by atoms with Crippen LogP contribution in [-0.4, -0.2) is 40.0 Å². The Labute approximate surface area is 108 Å². The second-order valence-electron chi connectivity index (χ2n) is 4.53. The monoisotopic (exact) mass is 251 g/mol. The Kier molecular flexibility index (Phi) is 4.44. The van der Waals surface area contributed by atoms with E-state index in [1.54, 1.807) is 14.2 Å². The molecule has 1 saturated heterocycles. The summed E-state index contributed by atoms with van der Waals surface area (Å²) in [6.07, 6.45) is 1.09. The summed E-state index contributed by atoms with van der Waals surface area (Å²) in [6, 6.07) is 3.96. The molecule has 4 heteroatoms.